The Bertz CT molecular complexity index is 798. The van der Waals surface area contributed by atoms with Crippen molar-refractivity contribution in [2.75, 3.05) is 0 Å². The molecule has 0 aliphatic carbocycles. The summed E-state index contributed by atoms with van der Waals surface area (Å²) in [5.41, 5.74) is 1.74. The lowest BCUT2D eigenvalue weighted by Crippen LogP contribution is -2.11. The second kappa shape index (κ2) is 5.36. The topological polar surface area (TPSA) is 54.6 Å². The summed E-state index contributed by atoms with van der Waals surface area (Å²) >= 11 is 0. The molecule has 3 aromatic rings. The molecule has 0 aliphatic rings. The number of halogens is 1. The van der Waals surface area contributed by atoms with Crippen molar-refractivity contribution in [3.05, 3.63) is 71.9 Å². The van der Waals surface area contributed by atoms with Crippen molar-refractivity contribution in [2.24, 2.45) is 0 Å². The summed E-state index contributed by atoms with van der Waals surface area (Å²) < 4.78 is 15.9. The fraction of sp³-hybridized carbons (Fsp3) is 0.125. The minimum absolute atomic E-state index is 0.191. The number of hydrogen-bond donors (Lipinski definition) is 1. The van der Waals surface area contributed by atoms with Gasteiger partial charge in [0.25, 0.3) is 0 Å². The van der Waals surface area contributed by atoms with Gasteiger partial charge in [-0.1, -0.05) is 24.3 Å². The van der Waals surface area contributed by atoms with E-state index in [1.54, 1.807) is 35.0 Å². The van der Waals surface area contributed by atoms with Crippen molar-refractivity contribution in [2.45, 2.75) is 12.3 Å². The average Bonchev–Trinajstić information content (AvgIpc) is 2.89. The van der Waals surface area contributed by atoms with Gasteiger partial charge in [-0.3, -0.25) is 4.79 Å². The van der Waals surface area contributed by atoms with Crippen LogP contribution >= 0.6 is 0 Å². The zero-order valence-electron chi connectivity index (χ0n) is 11.1. The first-order valence-corrected chi connectivity index (χ1v) is 6.55. The molecule has 0 radical (unpaired) electrons. The van der Waals surface area contributed by atoms with Gasteiger partial charge in [-0.25, -0.2) is 9.37 Å². The zero-order chi connectivity index (χ0) is 14.8. The van der Waals surface area contributed by atoms with E-state index in [0.717, 1.165) is 0 Å². The molecule has 4 nitrogen and oxygen atoms in total. The lowest BCUT2D eigenvalue weighted by molar-refractivity contribution is -0.137. The van der Waals surface area contributed by atoms with Crippen LogP contribution in [0, 0.1) is 5.82 Å². The first kappa shape index (κ1) is 13.3. The molecule has 106 valence electrons. The molecule has 0 amide bonds. The monoisotopic (exact) mass is 284 g/mol. The highest BCUT2D eigenvalue weighted by atomic mass is 19.1. The Morgan fingerprint density at radius 2 is 2.00 bits per heavy atom. The predicted molar refractivity (Wildman–Crippen MR) is 75.7 cm³/mol. The van der Waals surface area contributed by atoms with E-state index in [-0.39, 0.29) is 6.42 Å². The molecule has 0 saturated heterocycles. The quantitative estimate of drug-likeness (QED) is 0.801. The molecule has 0 spiro atoms. The third-order valence-corrected chi connectivity index (χ3v) is 3.46. The van der Waals surface area contributed by atoms with Crippen molar-refractivity contribution in [1.29, 1.82) is 0 Å². The number of pyridine rings is 1. The maximum atomic E-state index is 14.1. The molecule has 1 aromatic carbocycles. The first-order chi connectivity index (χ1) is 10.2. The summed E-state index contributed by atoms with van der Waals surface area (Å²) in [6.07, 6.45) is 3.21. The first-order valence-electron chi connectivity index (χ1n) is 6.55. The number of aromatic nitrogens is 2. The minimum Gasteiger partial charge on any atom is -0.481 e. The normalized spacial score (nSPS) is 12.4. The van der Waals surface area contributed by atoms with Crippen molar-refractivity contribution in [3.63, 3.8) is 0 Å². The smallest absolute Gasteiger partial charge is 0.304 e. The highest BCUT2D eigenvalue weighted by Crippen LogP contribution is 2.30. The van der Waals surface area contributed by atoms with E-state index in [1.165, 1.54) is 6.07 Å². The minimum atomic E-state index is -0.978. The van der Waals surface area contributed by atoms with Gasteiger partial charge < -0.3 is 9.51 Å². The van der Waals surface area contributed by atoms with Crippen LogP contribution in [-0.2, 0) is 4.79 Å². The molecular weight excluding hydrogens is 271 g/mol. The number of carbonyl (C=O) groups is 1. The number of hydrogen-bond acceptors (Lipinski definition) is 2. The Hall–Kier alpha value is -2.69. The molecule has 3 rings (SSSR count). The largest absolute Gasteiger partial charge is 0.481 e. The van der Waals surface area contributed by atoms with Crippen molar-refractivity contribution in [1.82, 2.24) is 9.38 Å². The van der Waals surface area contributed by atoms with Gasteiger partial charge in [0.2, 0.25) is 0 Å². The molecule has 5 heteroatoms. The Labute approximate surface area is 120 Å². The lowest BCUT2D eigenvalue weighted by atomic mass is 9.92. The lowest BCUT2D eigenvalue weighted by Gasteiger charge is -2.16. The number of carboxylic acids is 1. The molecule has 0 saturated carbocycles. The Kier molecular flexibility index (Phi) is 3.39. The van der Waals surface area contributed by atoms with Gasteiger partial charge in [-0.05, 0) is 23.8 Å². The predicted octanol–water partition coefficient (Wildman–Crippen LogP) is 3.08. The van der Waals surface area contributed by atoms with Crippen LogP contribution in [0.15, 0.2) is 54.9 Å². The van der Waals surface area contributed by atoms with Crippen LogP contribution in [0.2, 0.25) is 0 Å². The van der Waals surface area contributed by atoms with E-state index in [0.29, 0.717) is 16.9 Å². The molecule has 2 heterocycles. The second-order valence-electron chi connectivity index (χ2n) is 4.78. The Morgan fingerprint density at radius 3 is 2.76 bits per heavy atom. The van der Waals surface area contributed by atoms with Gasteiger partial charge in [0, 0.05) is 18.3 Å². The number of nitrogens with zero attached hydrogens (tertiary/aromatic N) is 2. The van der Waals surface area contributed by atoms with Gasteiger partial charge in [0.15, 0.2) is 0 Å². The third-order valence-electron chi connectivity index (χ3n) is 3.46. The molecule has 21 heavy (non-hydrogen) atoms. The standard InChI is InChI=1S/C16H13FN2O2/c17-13-6-2-1-5-11(13)12(9-16(20)21)14-10-18-15-7-3-4-8-19(14)15/h1-8,10,12H,9H2,(H,20,21)/t12-/m1/s1. The number of benzene rings is 1. The maximum absolute atomic E-state index is 14.1. The molecule has 2 aromatic heterocycles. The highest BCUT2D eigenvalue weighted by molar-refractivity contribution is 5.69. The van der Waals surface area contributed by atoms with E-state index in [1.807, 2.05) is 18.2 Å². The summed E-state index contributed by atoms with van der Waals surface area (Å²) in [6, 6.07) is 11.8. The average molecular weight is 284 g/mol. The molecule has 0 bridgehead atoms. The fourth-order valence-corrected chi connectivity index (χ4v) is 2.52. The van der Waals surface area contributed by atoms with Gasteiger partial charge in [-0.15, -0.1) is 0 Å². The van der Waals surface area contributed by atoms with Crippen LogP contribution in [0.4, 0.5) is 4.39 Å². The van der Waals surface area contributed by atoms with Gasteiger partial charge >= 0.3 is 5.97 Å². The number of aliphatic carboxylic acids is 1. The summed E-state index contributed by atoms with van der Waals surface area (Å²) in [7, 11) is 0. The number of imidazole rings is 1. The van der Waals surface area contributed by atoms with Crippen molar-refractivity contribution >= 4 is 11.6 Å². The van der Waals surface area contributed by atoms with E-state index >= 15 is 0 Å². The molecule has 1 N–H and O–H groups in total. The van der Waals surface area contributed by atoms with E-state index in [4.69, 9.17) is 5.11 Å². The van der Waals surface area contributed by atoms with Crippen molar-refractivity contribution < 1.29 is 14.3 Å². The third kappa shape index (κ3) is 2.50. The molecular formula is C16H13FN2O2. The highest BCUT2D eigenvalue weighted by Gasteiger charge is 2.23. The number of fused-ring (bicyclic) bond motifs is 1. The van der Waals surface area contributed by atoms with E-state index in [2.05, 4.69) is 4.98 Å². The van der Waals surface area contributed by atoms with Crippen LogP contribution < -0.4 is 0 Å². The SMILES string of the molecule is O=C(O)C[C@H](c1ccccc1F)c1cnc2ccccn12. The van der Waals surface area contributed by atoms with E-state index < -0.39 is 17.7 Å². The van der Waals surface area contributed by atoms with Crippen molar-refractivity contribution in [3.8, 4) is 0 Å². The summed E-state index contributed by atoms with van der Waals surface area (Å²) in [4.78, 5) is 15.4. The molecule has 1 atom stereocenters. The van der Waals surface area contributed by atoms with Crippen LogP contribution in [0.3, 0.4) is 0 Å². The zero-order valence-corrected chi connectivity index (χ0v) is 11.1. The number of carboxylic acid groups (broad SMARTS) is 1. The second-order valence-corrected chi connectivity index (χ2v) is 4.78. The van der Waals surface area contributed by atoms with Crippen LogP contribution in [0.5, 0.6) is 0 Å². The number of rotatable bonds is 4. The van der Waals surface area contributed by atoms with Gasteiger partial charge in [0.05, 0.1) is 12.1 Å². The fourth-order valence-electron chi connectivity index (χ4n) is 2.52. The summed E-state index contributed by atoms with van der Waals surface area (Å²) in [5.74, 6) is -1.97. The Morgan fingerprint density at radius 1 is 1.24 bits per heavy atom. The summed E-state index contributed by atoms with van der Waals surface area (Å²) in [6.45, 7) is 0. The maximum Gasteiger partial charge on any atom is 0.304 e. The van der Waals surface area contributed by atoms with Crippen LogP contribution in [-0.4, -0.2) is 20.5 Å². The molecule has 0 fully saturated rings. The van der Waals surface area contributed by atoms with Crippen LogP contribution in [0.25, 0.3) is 5.65 Å². The molecule has 0 unspecified atom stereocenters. The van der Waals surface area contributed by atoms with E-state index in [9.17, 15) is 9.18 Å². The van der Waals surface area contributed by atoms with Crippen LogP contribution in [0.1, 0.15) is 23.6 Å². The van der Waals surface area contributed by atoms with Gasteiger partial charge in [0.1, 0.15) is 11.5 Å². The Balaban J connectivity index is 2.16. The van der Waals surface area contributed by atoms with Gasteiger partial charge in [-0.2, -0.15) is 0 Å². The molecule has 0 aliphatic heterocycles. The summed E-state index contributed by atoms with van der Waals surface area (Å²) in [5, 5.41) is 9.15.